The van der Waals surface area contributed by atoms with Crippen LogP contribution in [0.3, 0.4) is 0 Å². The number of nitrogens with one attached hydrogen (secondary N) is 1. The fourth-order valence-electron chi connectivity index (χ4n) is 1.53. The van der Waals surface area contributed by atoms with E-state index in [0.717, 1.165) is 6.21 Å². The normalized spacial score (nSPS) is 12.6. The molecule has 0 aromatic carbocycles. The van der Waals surface area contributed by atoms with E-state index in [4.69, 9.17) is 23.2 Å². The molecule has 2 rings (SSSR count). The van der Waals surface area contributed by atoms with Crippen LogP contribution in [0.5, 0.6) is 0 Å². The predicted octanol–water partition coefficient (Wildman–Crippen LogP) is 5.27. The maximum Gasteiger partial charge on any atom is 0.417 e. The maximum absolute atomic E-state index is 12.5. The Labute approximate surface area is 146 Å². The van der Waals surface area contributed by atoms with Crippen LogP contribution in [-0.4, -0.2) is 16.2 Å². The monoisotopic (exact) mass is 402 g/mol. The van der Waals surface area contributed by atoms with Gasteiger partial charge in [-0.3, -0.25) is 10.4 Å². The molecule has 134 valence electrons. The molecule has 0 saturated heterocycles. The van der Waals surface area contributed by atoms with Gasteiger partial charge in [0.25, 0.3) is 0 Å². The number of hydrazone groups is 1. The van der Waals surface area contributed by atoms with Crippen LogP contribution in [0.4, 0.5) is 32.2 Å². The van der Waals surface area contributed by atoms with E-state index in [1.165, 1.54) is 0 Å². The first-order chi connectivity index (χ1) is 11.5. The summed E-state index contributed by atoms with van der Waals surface area (Å²) < 4.78 is 74.9. The number of hydrogen-bond donors (Lipinski definition) is 1. The summed E-state index contributed by atoms with van der Waals surface area (Å²) in [5, 5.41) is 2.92. The fourth-order valence-corrected chi connectivity index (χ4v) is 1.95. The average molecular weight is 403 g/mol. The Bertz CT molecular complexity index is 804. The summed E-state index contributed by atoms with van der Waals surface area (Å²) >= 11 is 11.3. The Morgan fingerprint density at radius 3 is 1.88 bits per heavy atom. The Balaban J connectivity index is 2.14. The molecule has 0 radical (unpaired) electrons. The first-order valence-corrected chi connectivity index (χ1v) is 6.98. The summed E-state index contributed by atoms with van der Waals surface area (Å²) in [6.45, 7) is 0. The van der Waals surface area contributed by atoms with Crippen molar-refractivity contribution in [2.75, 3.05) is 5.43 Å². The standard InChI is InChI=1S/C13H6Cl2F6N4/c14-8-1-6(12(16,17)18)3-22-10(8)5-24-25-11-9(15)2-7(4-23-11)13(19,20)21/h1-5H,(H,23,25)/b24-5-. The number of hydrogen-bond acceptors (Lipinski definition) is 4. The van der Waals surface area contributed by atoms with E-state index in [1.807, 2.05) is 0 Å². The van der Waals surface area contributed by atoms with E-state index in [0.29, 0.717) is 24.5 Å². The van der Waals surface area contributed by atoms with Gasteiger partial charge in [0.05, 0.1) is 27.4 Å². The number of alkyl halides is 6. The molecule has 0 aliphatic rings. The van der Waals surface area contributed by atoms with Crippen LogP contribution in [0.1, 0.15) is 16.8 Å². The minimum Gasteiger partial charge on any atom is -0.260 e. The molecule has 0 bridgehead atoms. The van der Waals surface area contributed by atoms with Crippen LogP contribution >= 0.6 is 23.2 Å². The van der Waals surface area contributed by atoms with E-state index >= 15 is 0 Å². The zero-order valence-electron chi connectivity index (χ0n) is 11.8. The Kier molecular flexibility index (Phi) is 5.43. The van der Waals surface area contributed by atoms with Crippen molar-refractivity contribution in [1.82, 2.24) is 9.97 Å². The fraction of sp³-hybridized carbons (Fsp3) is 0.154. The molecule has 2 aromatic rings. The van der Waals surface area contributed by atoms with Crippen LogP contribution in [0.2, 0.25) is 10.0 Å². The largest absolute Gasteiger partial charge is 0.417 e. The molecule has 4 nitrogen and oxygen atoms in total. The lowest BCUT2D eigenvalue weighted by molar-refractivity contribution is -0.138. The van der Waals surface area contributed by atoms with E-state index in [1.54, 1.807) is 0 Å². The van der Waals surface area contributed by atoms with Crippen molar-refractivity contribution in [2.45, 2.75) is 12.4 Å². The third kappa shape index (κ3) is 4.95. The summed E-state index contributed by atoms with van der Waals surface area (Å²) in [6.07, 6.45) is -7.11. The van der Waals surface area contributed by atoms with Gasteiger partial charge in [-0.05, 0) is 12.1 Å². The van der Waals surface area contributed by atoms with Crippen LogP contribution in [-0.2, 0) is 12.4 Å². The van der Waals surface area contributed by atoms with Crippen molar-refractivity contribution in [3.05, 3.63) is 51.4 Å². The van der Waals surface area contributed by atoms with Crippen LogP contribution < -0.4 is 5.43 Å². The molecule has 0 amide bonds. The summed E-state index contributed by atoms with van der Waals surface area (Å²) in [4.78, 5) is 6.97. The topological polar surface area (TPSA) is 50.2 Å². The second-order valence-corrected chi connectivity index (χ2v) is 5.33. The number of halogens is 8. The minimum absolute atomic E-state index is 0.0924. The molecule has 0 aliphatic carbocycles. The van der Waals surface area contributed by atoms with Gasteiger partial charge >= 0.3 is 12.4 Å². The third-order valence-corrected chi connectivity index (χ3v) is 3.31. The molecule has 25 heavy (non-hydrogen) atoms. The highest BCUT2D eigenvalue weighted by atomic mass is 35.5. The van der Waals surface area contributed by atoms with E-state index in [2.05, 4.69) is 20.5 Å². The SMILES string of the molecule is FC(F)(F)c1cnc(/C=N\Nc2ncc(C(F)(F)F)cc2Cl)c(Cl)c1. The van der Waals surface area contributed by atoms with Gasteiger partial charge in [0, 0.05) is 12.4 Å². The quantitative estimate of drug-likeness (QED) is 0.432. The van der Waals surface area contributed by atoms with Gasteiger partial charge in [0.15, 0.2) is 5.82 Å². The highest BCUT2D eigenvalue weighted by Crippen LogP contribution is 2.32. The van der Waals surface area contributed by atoms with Crippen molar-refractivity contribution >= 4 is 35.2 Å². The Morgan fingerprint density at radius 1 is 0.880 bits per heavy atom. The third-order valence-electron chi connectivity index (χ3n) is 2.72. The molecule has 0 aliphatic heterocycles. The average Bonchev–Trinajstić information content (AvgIpc) is 2.48. The van der Waals surface area contributed by atoms with Gasteiger partial charge in [-0.15, -0.1) is 0 Å². The van der Waals surface area contributed by atoms with Gasteiger partial charge < -0.3 is 0 Å². The highest BCUT2D eigenvalue weighted by molar-refractivity contribution is 6.33. The Morgan fingerprint density at radius 2 is 1.40 bits per heavy atom. The molecule has 0 atom stereocenters. The first kappa shape index (κ1) is 19.3. The lowest BCUT2D eigenvalue weighted by Gasteiger charge is -2.08. The number of nitrogens with zero attached hydrogens (tertiary/aromatic N) is 3. The molecular weight excluding hydrogens is 397 g/mol. The van der Waals surface area contributed by atoms with Crippen LogP contribution in [0, 0.1) is 0 Å². The van der Waals surface area contributed by atoms with Crippen molar-refractivity contribution in [3.8, 4) is 0 Å². The van der Waals surface area contributed by atoms with Gasteiger partial charge in [-0.25, -0.2) is 4.98 Å². The lowest BCUT2D eigenvalue weighted by Crippen LogP contribution is -2.07. The van der Waals surface area contributed by atoms with Crippen molar-refractivity contribution in [1.29, 1.82) is 0 Å². The molecular formula is C13H6Cl2F6N4. The first-order valence-electron chi connectivity index (χ1n) is 6.23. The number of pyridine rings is 2. The molecule has 0 spiro atoms. The zero-order valence-corrected chi connectivity index (χ0v) is 13.3. The summed E-state index contributed by atoms with van der Waals surface area (Å²) in [7, 11) is 0. The van der Waals surface area contributed by atoms with Gasteiger partial charge in [0.2, 0.25) is 0 Å². The van der Waals surface area contributed by atoms with Crippen molar-refractivity contribution in [2.24, 2.45) is 5.10 Å². The van der Waals surface area contributed by atoms with E-state index < -0.39 is 23.5 Å². The van der Waals surface area contributed by atoms with Crippen molar-refractivity contribution in [3.63, 3.8) is 0 Å². The number of aromatic nitrogens is 2. The van der Waals surface area contributed by atoms with E-state index in [-0.39, 0.29) is 21.6 Å². The molecule has 0 saturated carbocycles. The predicted molar refractivity (Wildman–Crippen MR) is 79.7 cm³/mol. The zero-order chi connectivity index (χ0) is 18.8. The second-order valence-electron chi connectivity index (χ2n) is 4.51. The lowest BCUT2D eigenvalue weighted by atomic mass is 10.2. The van der Waals surface area contributed by atoms with Crippen molar-refractivity contribution < 1.29 is 26.3 Å². The van der Waals surface area contributed by atoms with E-state index in [9.17, 15) is 26.3 Å². The molecule has 0 unspecified atom stereocenters. The van der Waals surface area contributed by atoms with Crippen LogP contribution in [0.25, 0.3) is 0 Å². The summed E-state index contributed by atoms with van der Waals surface area (Å²) in [5.41, 5.74) is 0.0834. The molecule has 1 N–H and O–H groups in total. The Hall–Kier alpha value is -2.07. The van der Waals surface area contributed by atoms with Gasteiger partial charge in [-0.2, -0.15) is 31.4 Å². The summed E-state index contributed by atoms with van der Waals surface area (Å²) in [5.74, 6) is -0.186. The van der Waals surface area contributed by atoms with Crippen LogP contribution in [0.15, 0.2) is 29.6 Å². The van der Waals surface area contributed by atoms with Gasteiger partial charge in [-0.1, -0.05) is 23.2 Å². The highest BCUT2D eigenvalue weighted by Gasteiger charge is 2.32. The van der Waals surface area contributed by atoms with Gasteiger partial charge in [0.1, 0.15) is 5.69 Å². The molecule has 12 heteroatoms. The number of anilines is 1. The molecule has 2 heterocycles. The summed E-state index contributed by atoms with van der Waals surface area (Å²) in [6, 6.07) is 1.31. The maximum atomic E-state index is 12.5. The smallest absolute Gasteiger partial charge is 0.260 e. The second kappa shape index (κ2) is 7.04. The molecule has 0 fully saturated rings. The number of rotatable bonds is 3. The minimum atomic E-state index is -4.60. The molecule has 2 aromatic heterocycles.